The Morgan fingerprint density at radius 2 is 1.62 bits per heavy atom. The number of hydrogen-bond acceptors (Lipinski definition) is 5. The third-order valence-corrected chi connectivity index (χ3v) is 7.96. The van der Waals surface area contributed by atoms with Gasteiger partial charge >= 0.3 is 5.97 Å². The van der Waals surface area contributed by atoms with E-state index in [1.165, 1.54) is 17.0 Å². The number of amidine groups is 1. The highest BCUT2D eigenvalue weighted by atomic mass is 32.2. The van der Waals surface area contributed by atoms with Gasteiger partial charge in [0, 0.05) is 28.4 Å². The molecule has 1 aliphatic heterocycles. The van der Waals surface area contributed by atoms with Crippen molar-refractivity contribution in [2.75, 3.05) is 16.0 Å². The summed E-state index contributed by atoms with van der Waals surface area (Å²) < 4.78 is 2.27. The van der Waals surface area contributed by atoms with Gasteiger partial charge in [0.05, 0.1) is 22.7 Å². The van der Waals surface area contributed by atoms with Crippen molar-refractivity contribution in [2.24, 2.45) is 4.99 Å². The van der Waals surface area contributed by atoms with Crippen LogP contribution in [0.1, 0.15) is 22.8 Å². The lowest BCUT2D eigenvalue weighted by Gasteiger charge is -2.17. The van der Waals surface area contributed by atoms with Crippen LogP contribution in [0.25, 0.3) is 27.9 Å². The van der Waals surface area contributed by atoms with Gasteiger partial charge in [-0.2, -0.15) is 0 Å². The summed E-state index contributed by atoms with van der Waals surface area (Å²) in [4.78, 5) is 44.1. The zero-order valence-corrected chi connectivity index (χ0v) is 23.5. The van der Waals surface area contributed by atoms with Gasteiger partial charge in [0.15, 0.2) is 5.17 Å². The van der Waals surface area contributed by atoms with E-state index in [1.807, 2.05) is 48.5 Å². The van der Waals surface area contributed by atoms with Crippen molar-refractivity contribution in [1.29, 1.82) is 0 Å². The lowest BCUT2D eigenvalue weighted by Crippen LogP contribution is -2.31. The van der Waals surface area contributed by atoms with Crippen molar-refractivity contribution in [1.82, 2.24) is 4.57 Å². The van der Waals surface area contributed by atoms with E-state index in [4.69, 9.17) is 0 Å². The number of nitrogens with one attached hydrogen (secondary N) is 1. The minimum absolute atomic E-state index is 0.000561. The second-order valence-corrected chi connectivity index (χ2v) is 10.6. The number of nitrogens with zero attached hydrogens (tertiary/aromatic N) is 3. The van der Waals surface area contributed by atoms with E-state index >= 15 is 0 Å². The average Bonchev–Trinajstić information content (AvgIpc) is 3.49. The van der Waals surface area contributed by atoms with Gasteiger partial charge in [-0.05, 0) is 61.0 Å². The fraction of sp³-hybridized carbons (Fsp3) is 0.0909. The second-order valence-electron chi connectivity index (χ2n) is 9.63. The van der Waals surface area contributed by atoms with E-state index in [1.54, 1.807) is 18.2 Å². The number of aromatic nitrogens is 1. The molecule has 6 rings (SSSR count). The van der Waals surface area contributed by atoms with E-state index in [2.05, 4.69) is 46.1 Å². The standard InChI is InChI=1S/C33H26N4O4S/c1-2-36-28-15-9-7-12-23(28)25-18-21(16-17-29(25)36)19-27-31(39)37(22-10-4-3-5-11-22)33(35-27)42-20-30(38)34-26-14-8-6-13-24(26)32(40)41/h3-19H,2,20H2,1H3,(H,34,38)(H,40,41)/b27-19+. The summed E-state index contributed by atoms with van der Waals surface area (Å²) in [5.74, 6) is -1.91. The number of aromatic carboxylic acids is 1. The van der Waals surface area contributed by atoms with Crippen LogP contribution in [0.15, 0.2) is 108 Å². The molecule has 8 nitrogen and oxygen atoms in total. The van der Waals surface area contributed by atoms with Crippen molar-refractivity contribution in [3.8, 4) is 0 Å². The molecular formula is C33H26N4O4S. The number of carbonyl (C=O) groups is 3. The smallest absolute Gasteiger partial charge is 0.337 e. The van der Waals surface area contributed by atoms with Gasteiger partial charge in [0.1, 0.15) is 5.70 Å². The minimum Gasteiger partial charge on any atom is -0.478 e. The Morgan fingerprint density at radius 3 is 2.40 bits per heavy atom. The van der Waals surface area contributed by atoms with Gasteiger partial charge in [-0.15, -0.1) is 0 Å². The molecule has 9 heteroatoms. The number of amides is 2. The summed E-state index contributed by atoms with van der Waals surface area (Å²) in [7, 11) is 0. The summed E-state index contributed by atoms with van der Waals surface area (Å²) in [5, 5.41) is 14.7. The number of aryl methyl sites for hydroxylation is 1. The lowest BCUT2D eigenvalue weighted by molar-refractivity contribution is -0.114. The monoisotopic (exact) mass is 574 g/mol. The molecule has 2 heterocycles. The van der Waals surface area contributed by atoms with Crippen molar-refractivity contribution in [2.45, 2.75) is 13.5 Å². The minimum atomic E-state index is -1.13. The maximum Gasteiger partial charge on any atom is 0.337 e. The molecule has 0 unspecified atom stereocenters. The largest absolute Gasteiger partial charge is 0.478 e. The topological polar surface area (TPSA) is 104 Å². The van der Waals surface area contributed by atoms with Crippen LogP contribution in [0, 0.1) is 0 Å². The number of fused-ring (bicyclic) bond motifs is 3. The molecule has 5 aromatic rings. The molecule has 0 spiro atoms. The van der Waals surface area contributed by atoms with Crippen molar-refractivity contribution < 1.29 is 19.5 Å². The third-order valence-electron chi connectivity index (χ3n) is 7.02. The Morgan fingerprint density at radius 1 is 0.905 bits per heavy atom. The van der Waals surface area contributed by atoms with Crippen LogP contribution in [-0.4, -0.2) is 38.4 Å². The van der Waals surface area contributed by atoms with Crippen molar-refractivity contribution in [3.05, 3.63) is 114 Å². The first-order chi connectivity index (χ1) is 20.4. The Kier molecular flexibility index (Phi) is 7.33. The van der Waals surface area contributed by atoms with E-state index in [0.717, 1.165) is 45.7 Å². The Balaban J connectivity index is 1.31. The molecule has 4 aromatic carbocycles. The molecule has 2 N–H and O–H groups in total. The van der Waals surface area contributed by atoms with Gasteiger partial charge in [-0.3, -0.25) is 14.5 Å². The number of thioether (sulfide) groups is 1. The summed E-state index contributed by atoms with van der Waals surface area (Å²) in [6.07, 6.45) is 1.77. The number of anilines is 2. The Hall–Kier alpha value is -5.15. The van der Waals surface area contributed by atoms with Crippen LogP contribution in [-0.2, 0) is 16.1 Å². The number of carboxylic acids is 1. The first kappa shape index (κ1) is 27.0. The highest BCUT2D eigenvalue weighted by Crippen LogP contribution is 2.32. The average molecular weight is 575 g/mol. The molecule has 0 saturated carbocycles. The van der Waals surface area contributed by atoms with E-state index in [9.17, 15) is 19.5 Å². The molecule has 0 aliphatic carbocycles. The quantitative estimate of drug-likeness (QED) is 0.212. The zero-order valence-electron chi connectivity index (χ0n) is 22.7. The number of rotatable bonds is 7. The van der Waals surface area contributed by atoms with E-state index in [0.29, 0.717) is 10.9 Å². The molecule has 0 fully saturated rings. The summed E-state index contributed by atoms with van der Waals surface area (Å²) in [5.41, 5.74) is 4.23. The van der Waals surface area contributed by atoms with Gasteiger partial charge in [0.2, 0.25) is 5.91 Å². The van der Waals surface area contributed by atoms with Crippen LogP contribution in [0.4, 0.5) is 11.4 Å². The highest BCUT2D eigenvalue weighted by Gasteiger charge is 2.32. The Bertz CT molecular complexity index is 1930. The molecular weight excluding hydrogens is 548 g/mol. The molecule has 1 aliphatic rings. The predicted octanol–water partition coefficient (Wildman–Crippen LogP) is 6.63. The molecule has 0 atom stereocenters. The van der Waals surface area contributed by atoms with Crippen molar-refractivity contribution >= 4 is 74.0 Å². The van der Waals surface area contributed by atoms with Crippen LogP contribution in [0.2, 0.25) is 0 Å². The molecule has 0 saturated heterocycles. The van der Waals surface area contributed by atoms with Gasteiger partial charge in [0.25, 0.3) is 5.91 Å². The summed E-state index contributed by atoms with van der Waals surface area (Å²) in [6.45, 7) is 2.96. The first-order valence-corrected chi connectivity index (χ1v) is 14.4. The molecule has 42 heavy (non-hydrogen) atoms. The van der Waals surface area contributed by atoms with Gasteiger partial charge in [-0.25, -0.2) is 9.79 Å². The van der Waals surface area contributed by atoms with Crippen LogP contribution in [0.5, 0.6) is 0 Å². The van der Waals surface area contributed by atoms with Crippen LogP contribution in [0.3, 0.4) is 0 Å². The number of carboxylic acid groups (broad SMARTS) is 1. The number of benzene rings is 4. The normalized spacial score (nSPS) is 14.1. The highest BCUT2D eigenvalue weighted by molar-refractivity contribution is 8.14. The molecule has 2 amide bonds. The second kappa shape index (κ2) is 11.4. The van der Waals surface area contributed by atoms with Crippen LogP contribution >= 0.6 is 11.8 Å². The maximum atomic E-state index is 13.7. The first-order valence-electron chi connectivity index (χ1n) is 13.4. The van der Waals surface area contributed by atoms with Crippen molar-refractivity contribution in [3.63, 3.8) is 0 Å². The fourth-order valence-electron chi connectivity index (χ4n) is 5.15. The van der Waals surface area contributed by atoms with E-state index < -0.39 is 11.9 Å². The van der Waals surface area contributed by atoms with Gasteiger partial charge in [-0.1, -0.05) is 66.4 Å². The van der Waals surface area contributed by atoms with E-state index in [-0.39, 0.29) is 28.6 Å². The van der Waals surface area contributed by atoms with Crippen LogP contribution < -0.4 is 10.2 Å². The number of carbonyl (C=O) groups excluding carboxylic acids is 2. The Labute approximate surface area is 246 Å². The molecule has 0 radical (unpaired) electrons. The molecule has 1 aromatic heterocycles. The third kappa shape index (κ3) is 5.06. The summed E-state index contributed by atoms with van der Waals surface area (Å²) in [6, 6.07) is 29.8. The van der Waals surface area contributed by atoms with Gasteiger partial charge < -0.3 is 15.0 Å². The summed E-state index contributed by atoms with van der Waals surface area (Å²) >= 11 is 1.11. The molecule has 0 bridgehead atoms. The maximum absolute atomic E-state index is 13.7. The number of para-hydroxylation sites is 3. The lowest BCUT2D eigenvalue weighted by atomic mass is 10.1. The number of hydrogen-bond donors (Lipinski definition) is 2. The number of aliphatic imine (C=N–C) groups is 1. The zero-order chi connectivity index (χ0) is 29.2. The fourth-order valence-corrected chi connectivity index (χ4v) is 5.97. The predicted molar refractivity (Wildman–Crippen MR) is 169 cm³/mol. The molecule has 208 valence electrons. The SMILES string of the molecule is CCn1c2ccccc2c2cc(/C=C3/N=C(SCC(=O)Nc4ccccc4C(=O)O)N(c4ccccc4)C3=O)ccc21.